The predicted molar refractivity (Wildman–Crippen MR) is 61.4 cm³/mol. The molecule has 0 bridgehead atoms. The molecule has 5 heteroatoms. The molecule has 1 rings (SSSR count). The minimum absolute atomic E-state index is 0. The van der Waals surface area contributed by atoms with Crippen molar-refractivity contribution in [3.05, 3.63) is 0 Å². The molecule has 0 aliphatic heterocycles. The summed E-state index contributed by atoms with van der Waals surface area (Å²) in [6.45, 7) is 5.47. The molecule has 0 saturated heterocycles. The Morgan fingerprint density at radius 3 is 2.12 bits per heavy atom. The fourth-order valence-corrected chi connectivity index (χ4v) is 1.62. The molecule has 88 valence electrons. The molecular weight excluding hydrogens is 220 g/mol. The van der Waals surface area contributed by atoms with E-state index in [-0.39, 0.29) is 41.2 Å². The van der Waals surface area contributed by atoms with E-state index in [9.17, 15) is 14.4 Å². The van der Waals surface area contributed by atoms with Crippen molar-refractivity contribution in [2.45, 2.75) is 33.6 Å². The van der Waals surface area contributed by atoms with Gasteiger partial charge in [-0.1, -0.05) is 20.8 Å². The molecule has 0 aromatic carbocycles. The SMILES string of the molecule is CC(C)(C)C(C(=O)OC=O)C(=O)C1CC1.[MgH2]. The number of rotatable bonds is 4. The molecule has 1 saturated carbocycles. The molecule has 1 aliphatic rings. The highest BCUT2D eigenvalue weighted by Gasteiger charge is 2.45. The average molecular weight is 239 g/mol. The van der Waals surface area contributed by atoms with Crippen LogP contribution < -0.4 is 0 Å². The smallest absolute Gasteiger partial charge is 0.324 e. The van der Waals surface area contributed by atoms with Crippen LogP contribution in [0.5, 0.6) is 0 Å². The van der Waals surface area contributed by atoms with Crippen LogP contribution in [-0.4, -0.2) is 41.3 Å². The summed E-state index contributed by atoms with van der Waals surface area (Å²) < 4.78 is 4.29. The minimum Gasteiger partial charge on any atom is -0.395 e. The van der Waals surface area contributed by atoms with Gasteiger partial charge in [0, 0.05) is 5.92 Å². The van der Waals surface area contributed by atoms with Gasteiger partial charge in [-0.3, -0.25) is 14.4 Å². The number of carbonyl (C=O) groups excluding carboxylic acids is 3. The Morgan fingerprint density at radius 1 is 1.31 bits per heavy atom. The maximum absolute atomic E-state index is 11.9. The zero-order valence-corrected chi connectivity index (χ0v) is 9.28. The van der Waals surface area contributed by atoms with Crippen LogP contribution in [0.1, 0.15) is 33.6 Å². The number of carbonyl (C=O) groups is 3. The molecular formula is C11H18MgO4. The molecule has 0 radical (unpaired) electrons. The zero-order valence-electron chi connectivity index (χ0n) is 9.28. The molecule has 4 nitrogen and oxygen atoms in total. The molecule has 0 heterocycles. The highest BCUT2D eigenvalue weighted by molar-refractivity contribution is 6.03. The van der Waals surface area contributed by atoms with Crippen LogP contribution >= 0.6 is 0 Å². The van der Waals surface area contributed by atoms with E-state index in [1.807, 2.05) is 0 Å². The third-order valence-corrected chi connectivity index (χ3v) is 2.53. The number of hydrogen-bond acceptors (Lipinski definition) is 4. The fourth-order valence-electron chi connectivity index (χ4n) is 1.62. The van der Waals surface area contributed by atoms with E-state index in [0.29, 0.717) is 0 Å². The first kappa shape index (κ1) is 15.6. The predicted octanol–water partition coefficient (Wildman–Crippen LogP) is 0.411. The first-order valence-electron chi connectivity index (χ1n) is 5.05. The van der Waals surface area contributed by atoms with Gasteiger partial charge in [-0.05, 0) is 18.3 Å². The van der Waals surface area contributed by atoms with E-state index in [0.717, 1.165) is 12.8 Å². The monoisotopic (exact) mass is 238 g/mol. The largest absolute Gasteiger partial charge is 0.395 e. The second-order valence-corrected chi connectivity index (χ2v) is 5.01. The van der Waals surface area contributed by atoms with E-state index >= 15 is 0 Å². The van der Waals surface area contributed by atoms with E-state index in [1.165, 1.54) is 0 Å². The highest BCUT2D eigenvalue weighted by Crippen LogP contribution is 2.38. The van der Waals surface area contributed by atoms with Crippen molar-refractivity contribution < 1.29 is 19.1 Å². The van der Waals surface area contributed by atoms with Crippen LogP contribution in [0.2, 0.25) is 0 Å². The van der Waals surface area contributed by atoms with Crippen LogP contribution in [0, 0.1) is 17.3 Å². The second kappa shape index (κ2) is 5.77. The zero-order chi connectivity index (χ0) is 11.6. The van der Waals surface area contributed by atoms with Gasteiger partial charge in [0.15, 0.2) is 5.78 Å². The van der Waals surface area contributed by atoms with E-state index in [2.05, 4.69) is 4.74 Å². The Kier molecular flexibility index (Phi) is 5.62. The molecule has 0 N–H and O–H groups in total. The number of ether oxygens (including phenoxy) is 1. The van der Waals surface area contributed by atoms with Gasteiger partial charge in [-0.25, -0.2) is 0 Å². The van der Waals surface area contributed by atoms with Gasteiger partial charge in [-0.15, -0.1) is 0 Å². The van der Waals surface area contributed by atoms with E-state index in [1.54, 1.807) is 20.8 Å². The molecule has 0 spiro atoms. The molecule has 0 aromatic heterocycles. The summed E-state index contributed by atoms with van der Waals surface area (Å²) in [6.07, 6.45) is 1.69. The lowest BCUT2D eigenvalue weighted by Crippen LogP contribution is -2.37. The van der Waals surface area contributed by atoms with Gasteiger partial charge in [0.25, 0.3) is 0 Å². The molecule has 0 amide bonds. The number of Topliss-reactive ketones (excluding diaryl/α,β-unsaturated/α-hetero) is 1. The minimum atomic E-state index is -0.824. The van der Waals surface area contributed by atoms with Crippen molar-refractivity contribution in [3.63, 3.8) is 0 Å². The second-order valence-electron chi connectivity index (χ2n) is 5.01. The molecule has 1 aliphatic carbocycles. The Labute approximate surface area is 111 Å². The third kappa shape index (κ3) is 3.86. The first-order valence-corrected chi connectivity index (χ1v) is 5.05. The Morgan fingerprint density at radius 2 is 1.81 bits per heavy atom. The highest BCUT2D eigenvalue weighted by atomic mass is 24.3. The Hall–Kier alpha value is -0.424. The van der Waals surface area contributed by atoms with Crippen LogP contribution in [0.25, 0.3) is 0 Å². The van der Waals surface area contributed by atoms with Crippen LogP contribution in [-0.2, 0) is 19.1 Å². The van der Waals surface area contributed by atoms with Crippen molar-refractivity contribution in [1.29, 1.82) is 0 Å². The van der Waals surface area contributed by atoms with Crippen molar-refractivity contribution in [3.8, 4) is 0 Å². The van der Waals surface area contributed by atoms with Crippen molar-refractivity contribution >= 4 is 41.3 Å². The Bertz CT molecular complexity index is 289. The summed E-state index contributed by atoms with van der Waals surface area (Å²) in [7, 11) is 0. The summed E-state index contributed by atoms with van der Waals surface area (Å²) in [4.78, 5) is 33.4. The van der Waals surface area contributed by atoms with E-state index in [4.69, 9.17) is 0 Å². The van der Waals surface area contributed by atoms with Gasteiger partial charge in [0.2, 0.25) is 0 Å². The topological polar surface area (TPSA) is 60.4 Å². The van der Waals surface area contributed by atoms with Crippen molar-refractivity contribution in [2.24, 2.45) is 17.3 Å². The number of hydrogen-bond donors (Lipinski definition) is 0. The maximum atomic E-state index is 11.9. The summed E-state index contributed by atoms with van der Waals surface area (Å²) in [5.74, 6) is -1.65. The summed E-state index contributed by atoms with van der Waals surface area (Å²) in [5.41, 5.74) is -0.500. The van der Waals surface area contributed by atoms with Gasteiger partial charge in [0.1, 0.15) is 5.92 Å². The van der Waals surface area contributed by atoms with Crippen molar-refractivity contribution in [1.82, 2.24) is 0 Å². The molecule has 16 heavy (non-hydrogen) atoms. The van der Waals surface area contributed by atoms with E-state index < -0.39 is 17.3 Å². The summed E-state index contributed by atoms with van der Waals surface area (Å²) in [5, 5.41) is 0. The van der Waals surface area contributed by atoms with Gasteiger partial charge in [-0.2, -0.15) is 0 Å². The van der Waals surface area contributed by atoms with Gasteiger partial charge < -0.3 is 4.74 Å². The van der Waals surface area contributed by atoms with Crippen LogP contribution in [0.4, 0.5) is 0 Å². The lowest BCUT2D eigenvalue weighted by Gasteiger charge is -2.26. The normalized spacial score (nSPS) is 16.9. The standard InChI is InChI=1S/C11H16O4.Mg.2H/c1-11(2,3)8(10(14)15-6-12)9(13)7-4-5-7;;;/h6-8H,4-5H2,1-3H3;;;. The maximum Gasteiger partial charge on any atom is 0.324 e. The van der Waals surface area contributed by atoms with Crippen molar-refractivity contribution in [2.75, 3.05) is 0 Å². The Balaban J connectivity index is 0.00000225. The molecule has 0 aromatic rings. The summed E-state index contributed by atoms with van der Waals surface area (Å²) >= 11 is 0. The van der Waals surface area contributed by atoms with Gasteiger partial charge in [0.05, 0.1) is 0 Å². The lowest BCUT2D eigenvalue weighted by atomic mass is 9.77. The van der Waals surface area contributed by atoms with Crippen LogP contribution in [0.3, 0.4) is 0 Å². The molecule has 1 atom stereocenters. The first-order chi connectivity index (χ1) is 6.88. The molecule has 1 unspecified atom stereocenters. The molecule has 1 fully saturated rings. The summed E-state index contributed by atoms with van der Waals surface area (Å²) in [6, 6.07) is 0. The van der Waals surface area contributed by atoms with Crippen LogP contribution in [0.15, 0.2) is 0 Å². The van der Waals surface area contributed by atoms with Gasteiger partial charge >= 0.3 is 35.5 Å². The fraction of sp³-hybridized carbons (Fsp3) is 0.727. The third-order valence-electron chi connectivity index (χ3n) is 2.53. The lowest BCUT2D eigenvalue weighted by molar-refractivity contribution is -0.160. The number of esters is 1. The number of ketones is 1. The average Bonchev–Trinajstić information content (AvgIpc) is 2.83. The quantitative estimate of drug-likeness (QED) is 0.308.